The number of benzene rings is 1. The van der Waals surface area contributed by atoms with Gasteiger partial charge in [-0.3, -0.25) is 0 Å². The average molecular weight is 263 g/mol. The number of ether oxygens (including phenoxy) is 1. The number of hydrogen-bond donors (Lipinski definition) is 1. The molecule has 1 aromatic carbocycles. The van der Waals surface area contributed by atoms with E-state index in [9.17, 15) is 4.39 Å². The minimum atomic E-state index is -0.263. The summed E-state index contributed by atoms with van der Waals surface area (Å²) >= 11 is 0. The maximum Gasteiger partial charge on any atom is 0.127 e. The van der Waals surface area contributed by atoms with E-state index in [1.807, 2.05) is 6.07 Å². The van der Waals surface area contributed by atoms with Crippen LogP contribution in [-0.2, 0) is 6.54 Å². The third-order valence-corrected chi connectivity index (χ3v) is 2.49. The van der Waals surface area contributed by atoms with E-state index in [1.54, 1.807) is 6.92 Å². The van der Waals surface area contributed by atoms with Crippen molar-refractivity contribution in [2.24, 2.45) is 5.92 Å². The summed E-state index contributed by atoms with van der Waals surface area (Å²) in [6.07, 6.45) is 0.661. The van der Waals surface area contributed by atoms with Crippen LogP contribution in [-0.4, -0.2) is 13.2 Å². The number of rotatable bonds is 7. The minimum absolute atomic E-state index is 0.263. The highest BCUT2D eigenvalue weighted by molar-refractivity contribution is 5.29. The predicted molar refractivity (Wildman–Crippen MR) is 76.5 cm³/mol. The van der Waals surface area contributed by atoms with Gasteiger partial charge in [0.05, 0.1) is 6.61 Å². The molecule has 3 heteroatoms. The molecule has 0 aliphatic rings. The van der Waals surface area contributed by atoms with Gasteiger partial charge in [-0.15, -0.1) is 11.8 Å². The lowest BCUT2D eigenvalue weighted by Crippen LogP contribution is -2.19. The van der Waals surface area contributed by atoms with Gasteiger partial charge < -0.3 is 10.1 Å². The number of hydrogen-bond acceptors (Lipinski definition) is 2. The Bertz CT molecular complexity index is 446. The summed E-state index contributed by atoms with van der Waals surface area (Å²) in [5.41, 5.74) is 0.900. The van der Waals surface area contributed by atoms with Gasteiger partial charge in [0.15, 0.2) is 0 Å². The van der Waals surface area contributed by atoms with Gasteiger partial charge >= 0.3 is 0 Å². The molecule has 0 saturated heterocycles. The highest BCUT2D eigenvalue weighted by Crippen LogP contribution is 2.16. The molecule has 0 heterocycles. The quantitative estimate of drug-likeness (QED) is 0.601. The van der Waals surface area contributed by atoms with Crippen molar-refractivity contribution in [3.8, 4) is 17.6 Å². The molecule has 1 N–H and O–H groups in total. The average Bonchev–Trinajstić information content (AvgIpc) is 2.34. The molecule has 2 nitrogen and oxygen atoms in total. The molecule has 0 fully saturated rings. The lowest BCUT2D eigenvalue weighted by atomic mass is 10.2. The van der Waals surface area contributed by atoms with Crippen molar-refractivity contribution in [1.29, 1.82) is 0 Å². The molecule has 0 aliphatic heterocycles. The fourth-order valence-electron chi connectivity index (χ4n) is 1.66. The number of halogens is 1. The maximum atomic E-state index is 13.5. The molecule has 104 valence electrons. The molecule has 0 aliphatic carbocycles. The van der Waals surface area contributed by atoms with Gasteiger partial charge in [-0.1, -0.05) is 13.8 Å². The van der Waals surface area contributed by atoms with Gasteiger partial charge in [0.2, 0.25) is 0 Å². The van der Waals surface area contributed by atoms with Crippen LogP contribution >= 0.6 is 0 Å². The second-order valence-corrected chi connectivity index (χ2v) is 4.85. The Balaban J connectivity index is 2.52. The van der Waals surface area contributed by atoms with Gasteiger partial charge in [0.25, 0.3) is 0 Å². The summed E-state index contributed by atoms with van der Waals surface area (Å²) in [5, 5.41) is 3.29. The molecule has 0 amide bonds. The first kappa shape index (κ1) is 15.5. The zero-order chi connectivity index (χ0) is 14.1. The molecular weight excluding hydrogens is 241 g/mol. The van der Waals surface area contributed by atoms with Crippen LogP contribution in [0.4, 0.5) is 4.39 Å². The second kappa shape index (κ2) is 8.55. The molecular formula is C16H22FNO. The van der Waals surface area contributed by atoms with Crippen LogP contribution in [0.5, 0.6) is 5.75 Å². The second-order valence-electron chi connectivity index (χ2n) is 4.85. The predicted octanol–water partition coefficient (Wildman–Crippen LogP) is 3.36. The fraction of sp³-hybridized carbons (Fsp3) is 0.500. The molecule has 19 heavy (non-hydrogen) atoms. The third-order valence-electron chi connectivity index (χ3n) is 2.49. The number of nitrogens with one attached hydrogen (secondary N) is 1. The fourth-order valence-corrected chi connectivity index (χ4v) is 1.66. The van der Waals surface area contributed by atoms with Crippen molar-refractivity contribution in [1.82, 2.24) is 5.32 Å². The van der Waals surface area contributed by atoms with Crippen molar-refractivity contribution < 1.29 is 9.13 Å². The Morgan fingerprint density at radius 3 is 2.79 bits per heavy atom. The van der Waals surface area contributed by atoms with Crippen molar-refractivity contribution >= 4 is 0 Å². The zero-order valence-electron chi connectivity index (χ0n) is 11.9. The standard InChI is InChI=1S/C16H22FNO/c1-4-5-6-7-19-16-9-14(8-15(17)10-16)12-18-11-13(2)3/h8-10,13,18H,6-7,11-12H2,1-3H3. The van der Waals surface area contributed by atoms with Crippen LogP contribution in [0.2, 0.25) is 0 Å². The normalized spacial score (nSPS) is 10.2. The first-order valence-electron chi connectivity index (χ1n) is 6.64. The van der Waals surface area contributed by atoms with E-state index in [-0.39, 0.29) is 5.82 Å². The Kier molecular flexibility index (Phi) is 6.99. The van der Waals surface area contributed by atoms with E-state index in [0.29, 0.717) is 31.2 Å². The van der Waals surface area contributed by atoms with Crippen molar-refractivity contribution in [2.45, 2.75) is 33.7 Å². The van der Waals surface area contributed by atoms with Crippen molar-refractivity contribution in [3.63, 3.8) is 0 Å². The summed E-state index contributed by atoms with van der Waals surface area (Å²) in [6.45, 7) is 8.13. The van der Waals surface area contributed by atoms with Crippen molar-refractivity contribution in [3.05, 3.63) is 29.6 Å². The lowest BCUT2D eigenvalue weighted by Gasteiger charge is -2.10. The molecule has 0 atom stereocenters. The lowest BCUT2D eigenvalue weighted by molar-refractivity contribution is 0.325. The summed E-state index contributed by atoms with van der Waals surface area (Å²) in [5.74, 6) is 6.60. The Labute approximate surface area is 115 Å². The Morgan fingerprint density at radius 2 is 2.11 bits per heavy atom. The molecule has 0 spiro atoms. The van der Waals surface area contributed by atoms with Crippen LogP contribution < -0.4 is 10.1 Å². The van der Waals surface area contributed by atoms with Gasteiger partial charge in [0, 0.05) is 19.0 Å². The Hall–Kier alpha value is -1.53. The molecule has 0 unspecified atom stereocenters. The van der Waals surface area contributed by atoms with Crippen LogP contribution in [0.15, 0.2) is 18.2 Å². The van der Waals surface area contributed by atoms with Crippen LogP contribution in [0.1, 0.15) is 32.8 Å². The molecule has 1 aromatic rings. The van der Waals surface area contributed by atoms with E-state index in [0.717, 1.165) is 12.1 Å². The topological polar surface area (TPSA) is 21.3 Å². The summed E-state index contributed by atoms with van der Waals surface area (Å²) in [7, 11) is 0. The first-order valence-corrected chi connectivity index (χ1v) is 6.64. The van der Waals surface area contributed by atoms with E-state index in [2.05, 4.69) is 31.0 Å². The minimum Gasteiger partial charge on any atom is -0.492 e. The summed E-state index contributed by atoms with van der Waals surface area (Å²) < 4.78 is 18.9. The van der Waals surface area contributed by atoms with Gasteiger partial charge in [0.1, 0.15) is 11.6 Å². The maximum absolute atomic E-state index is 13.5. The first-order chi connectivity index (χ1) is 9.11. The highest BCUT2D eigenvalue weighted by Gasteiger charge is 2.02. The zero-order valence-corrected chi connectivity index (χ0v) is 11.9. The molecule has 0 aromatic heterocycles. The SMILES string of the molecule is CC#CCCOc1cc(F)cc(CNCC(C)C)c1. The van der Waals surface area contributed by atoms with Gasteiger partial charge in [-0.05, 0) is 37.1 Å². The molecule has 0 saturated carbocycles. The van der Waals surface area contributed by atoms with Gasteiger partial charge in [-0.25, -0.2) is 4.39 Å². The molecule has 0 radical (unpaired) electrons. The highest BCUT2D eigenvalue weighted by atomic mass is 19.1. The van der Waals surface area contributed by atoms with Crippen molar-refractivity contribution in [2.75, 3.05) is 13.2 Å². The third kappa shape index (κ3) is 6.83. The summed E-state index contributed by atoms with van der Waals surface area (Å²) in [6, 6.07) is 4.81. The molecule has 1 rings (SSSR count). The van der Waals surface area contributed by atoms with E-state index in [1.165, 1.54) is 12.1 Å². The van der Waals surface area contributed by atoms with E-state index < -0.39 is 0 Å². The smallest absolute Gasteiger partial charge is 0.127 e. The van der Waals surface area contributed by atoms with Crippen LogP contribution in [0, 0.1) is 23.6 Å². The monoisotopic (exact) mass is 263 g/mol. The largest absolute Gasteiger partial charge is 0.492 e. The summed E-state index contributed by atoms with van der Waals surface area (Å²) in [4.78, 5) is 0. The van der Waals surface area contributed by atoms with Gasteiger partial charge in [-0.2, -0.15) is 0 Å². The van der Waals surface area contributed by atoms with Crippen LogP contribution in [0.25, 0.3) is 0 Å². The van der Waals surface area contributed by atoms with E-state index in [4.69, 9.17) is 4.74 Å². The van der Waals surface area contributed by atoms with Crippen LogP contribution in [0.3, 0.4) is 0 Å². The molecule has 0 bridgehead atoms. The Morgan fingerprint density at radius 1 is 1.32 bits per heavy atom. The van der Waals surface area contributed by atoms with E-state index >= 15 is 0 Å².